The lowest BCUT2D eigenvalue weighted by molar-refractivity contribution is -0.121. The quantitative estimate of drug-likeness (QED) is 0.0362. The van der Waals surface area contributed by atoms with E-state index >= 15 is 0 Å². The molecule has 22 heteroatoms. The fourth-order valence-corrected chi connectivity index (χ4v) is 9.11. The van der Waals surface area contributed by atoms with Gasteiger partial charge in [0, 0.05) is 55.6 Å². The van der Waals surface area contributed by atoms with Gasteiger partial charge in [-0.2, -0.15) is 11.8 Å². The minimum absolute atomic E-state index is 0.0279. The van der Waals surface area contributed by atoms with Crippen molar-refractivity contribution in [3.8, 4) is 11.4 Å². The SMILES string of the molecule is O=C(CCCC[C@@H]1SC[C@@H]2NC(=O)N[C@@H]21)NCCOCCOCCOCCOCCOCCOCCOCCOCCOCCCC(=O)c1sc(Nc2ncccn2)nc1-c1ccccn1. The Morgan fingerprint density at radius 3 is 1.77 bits per heavy atom. The van der Waals surface area contributed by atoms with Crippen LogP contribution >= 0.6 is 23.1 Å². The second kappa shape index (κ2) is 33.5. The Balaban J connectivity index is 0.695. The van der Waals surface area contributed by atoms with Crippen LogP contribution in [0.1, 0.15) is 48.2 Å². The highest BCUT2D eigenvalue weighted by molar-refractivity contribution is 8.00. The highest BCUT2D eigenvalue weighted by Crippen LogP contribution is 2.34. The molecule has 2 saturated heterocycles. The van der Waals surface area contributed by atoms with E-state index in [1.807, 2.05) is 30.0 Å². The van der Waals surface area contributed by atoms with Crippen molar-refractivity contribution in [3.63, 3.8) is 0 Å². The first kappa shape index (κ1) is 53.0. The van der Waals surface area contributed by atoms with Gasteiger partial charge in [0.15, 0.2) is 10.9 Å². The molecule has 66 heavy (non-hydrogen) atoms. The molecule has 3 aromatic rings. The second-order valence-electron chi connectivity index (χ2n) is 14.9. The predicted molar refractivity (Wildman–Crippen MR) is 249 cm³/mol. The number of unbranched alkanes of at least 4 members (excludes halogenated alkanes) is 1. The van der Waals surface area contributed by atoms with Crippen molar-refractivity contribution in [1.29, 1.82) is 0 Å². The number of aromatic nitrogens is 4. The van der Waals surface area contributed by atoms with Gasteiger partial charge in [0.2, 0.25) is 11.9 Å². The lowest BCUT2D eigenvalue weighted by Gasteiger charge is -2.16. The number of carbonyl (C=O) groups excluding carboxylic acids is 3. The van der Waals surface area contributed by atoms with Gasteiger partial charge in [0.25, 0.3) is 0 Å². The number of pyridine rings is 1. The third-order valence-electron chi connectivity index (χ3n) is 9.89. The zero-order valence-corrected chi connectivity index (χ0v) is 39.3. The van der Waals surface area contributed by atoms with E-state index in [0.717, 1.165) is 25.0 Å². The number of Topliss-reactive ketones (excluding diaryl/α,β-unsaturated/α-hetero) is 1. The summed E-state index contributed by atoms with van der Waals surface area (Å²) in [6, 6.07) is 7.62. The molecular formula is C44H66N8O12S2. The predicted octanol–water partition coefficient (Wildman–Crippen LogP) is 3.69. The molecule has 3 amide bonds. The average Bonchev–Trinajstić information content (AvgIpc) is 4.04. The largest absolute Gasteiger partial charge is 0.379 e. The molecule has 0 bridgehead atoms. The number of carbonyl (C=O) groups is 3. The van der Waals surface area contributed by atoms with Crippen LogP contribution in [0.15, 0.2) is 42.9 Å². The molecule has 5 rings (SSSR count). The van der Waals surface area contributed by atoms with Crippen LogP contribution in [0.4, 0.5) is 15.9 Å². The number of thiazole rings is 1. The smallest absolute Gasteiger partial charge is 0.315 e. The summed E-state index contributed by atoms with van der Waals surface area (Å²) < 4.78 is 49.9. The Kier molecular flexibility index (Phi) is 26.9. The molecule has 3 atom stereocenters. The molecule has 0 aromatic carbocycles. The number of nitrogens with zero attached hydrogens (tertiary/aromatic N) is 4. The average molecular weight is 963 g/mol. The summed E-state index contributed by atoms with van der Waals surface area (Å²) in [5.41, 5.74) is 1.16. The van der Waals surface area contributed by atoms with Gasteiger partial charge in [0.1, 0.15) is 10.6 Å². The Bertz CT molecular complexity index is 1770. The number of ether oxygens (including phenoxy) is 9. The fraction of sp³-hybridized carbons (Fsp3) is 0.659. The number of fused-ring (bicyclic) bond motifs is 1. The summed E-state index contributed by atoms with van der Waals surface area (Å²) in [7, 11) is 0. The van der Waals surface area contributed by atoms with E-state index in [4.69, 9.17) is 42.6 Å². The Hall–Kier alpha value is -3.94. The molecule has 5 heterocycles. The van der Waals surface area contributed by atoms with Gasteiger partial charge in [-0.25, -0.2) is 19.7 Å². The van der Waals surface area contributed by atoms with Crippen LogP contribution in [0.2, 0.25) is 0 Å². The highest BCUT2D eigenvalue weighted by atomic mass is 32.2. The van der Waals surface area contributed by atoms with Crippen LogP contribution in [0, 0.1) is 0 Å². The summed E-state index contributed by atoms with van der Waals surface area (Å²) in [6.45, 7) is 8.69. The summed E-state index contributed by atoms with van der Waals surface area (Å²) >= 11 is 3.16. The fourth-order valence-electron chi connectivity index (χ4n) is 6.63. The molecule has 0 spiro atoms. The van der Waals surface area contributed by atoms with Gasteiger partial charge < -0.3 is 63.9 Å². The van der Waals surface area contributed by atoms with E-state index in [9.17, 15) is 14.4 Å². The van der Waals surface area contributed by atoms with Crippen LogP contribution in [0.3, 0.4) is 0 Å². The zero-order chi connectivity index (χ0) is 46.1. The third-order valence-corrected chi connectivity index (χ3v) is 12.4. The Morgan fingerprint density at radius 1 is 0.636 bits per heavy atom. The number of nitrogens with one attached hydrogen (secondary N) is 4. The number of hydrogen-bond donors (Lipinski definition) is 4. The summed E-state index contributed by atoms with van der Waals surface area (Å²) in [6.07, 6.45) is 9.12. The van der Waals surface area contributed by atoms with E-state index in [2.05, 4.69) is 41.2 Å². The number of rotatable bonds is 40. The van der Waals surface area contributed by atoms with Gasteiger partial charge in [-0.15, -0.1) is 0 Å². The first-order chi connectivity index (χ1) is 32.6. The van der Waals surface area contributed by atoms with Crippen molar-refractivity contribution in [2.45, 2.75) is 55.9 Å². The lowest BCUT2D eigenvalue weighted by atomic mass is 10.0. The maximum atomic E-state index is 13.2. The molecule has 2 aliphatic heterocycles. The van der Waals surface area contributed by atoms with Crippen molar-refractivity contribution >= 4 is 51.9 Å². The number of thioether (sulfide) groups is 1. The molecule has 20 nitrogen and oxygen atoms in total. The van der Waals surface area contributed by atoms with Gasteiger partial charge in [0.05, 0.1) is 130 Å². The zero-order valence-electron chi connectivity index (χ0n) is 37.7. The Labute approximate surface area is 395 Å². The summed E-state index contributed by atoms with van der Waals surface area (Å²) in [5, 5.41) is 12.9. The van der Waals surface area contributed by atoms with Crippen LogP contribution in [-0.4, -0.2) is 186 Å². The van der Waals surface area contributed by atoms with Gasteiger partial charge in [-0.3, -0.25) is 14.6 Å². The van der Waals surface area contributed by atoms with E-state index in [0.29, 0.717) is 177 Å². The van der Waals surface area contributed by atoms with Crippen LogP contribution in [0.5, 0.6) is 0 Å². The maximum Gasteiger partial charge on any atom is 0.315 e. The summed E-state index contributed by atoms with van der Waals surface area (Å²) in [4.78, 5) is 54.6. The van der Waals surface area contributed by atoms with Gasteiger partial charge in [-0.05, 0) is 37.5 Å². The number of hydrogen-bond acceptors (Lipinski definition) is 19. The van der Waals surface area contributed by atoms with Crippen molar-refractivity contribution in [3.05, 3.63) is 47.7 Å². The van der Waals surface area contributed by atoms with Gasteiger partial charge >= 0.3 is 6.03 Å². The van der Waals surface area contributed by atoms with Crippen molar-refractivity contribution in [1.82, 2.24) is 35.9 Å². The highest BCUT2D eigenvalue weighted by Gasteiger charge is 2.42. The lowest BCUT2D eigenvalue weighted by Crippen LogP contribution is -2.36. The van der Waals surface area contributed by atoms with Crippen LogP contribution in [-0.2, 0) is 47.4 Å². The molecule has 2 fully saturated rings. The topological polar surface area (TPSA) is 234 Å². The minimum atomic E-state index is -0.0648. The minimum Gasteiger partial charge on any atom is -0.379 e. The molecule has 0 radical (unpaired) electrons. The Morgan fingerprint density at radius 2 is 1.20 bits per heavy atom. The molecule has 4 N–H and O–H groups in total. The summed E-state index contributed by atoms with van der Waals surface area (Å²) in [5.74, 6) is 1.36. The molecule has 0 saturated carbocycles. The van der Waals surface area contributed by atoms with Crippen LogP contribution in [0.25, 0.3) is 11.4 Å². The number of ketones is 1. The number of anilines is 2. The first-order valence-corrected chi connectivity index (χ1v) is 24.6. The van der Waals surface area contributed by atoms with Crippen molar-refractivity contribution in [2.75, 3.05) is 137 Å². The third kappa shape index (κ3) is 21.8. The number of amides is 3. The number of urea groups is 1. The molecule has 0 unspecified atom stereocenters. The standard InChI is InChI=1S/C44H66N8O12S2/c53-36(41-40(34-7-3-4-11-45-34)51-44(66-41)52-42-47-12-6-13-48-42)8-5-15-56-17-19-58-21-23-60-25-27-62-29-31-64-32-30-63-28-26-61-24-22-59-20-18-57-16-14-46-38(54)10-2-1-9-37-39-35(33-65-37)49-43(55)50-39/h3-4,6-7,11-13,35,37,39H,1-2,5,8-10,14-33H2,(H,46,54)(H2,49,50,55)(H,47,48,51,52)/t35-,37-,39-/m0/s1. The molecule has 3 aromatic heterocycles. The van der Waals surface area contributed by atoms with E-state index < -0.39 is 0 Å². The molecular weight excluding hydrogens is 897 g/mol. The van der Waals surface area contributed by atoms with E-state index in [1.165, 1.54) is 11.3 Å². The van der Waals surface area contributed by atoms with Crippen LogP contribution < -0.4 is 21.3 Å². The normalized spacial score (nSPS) is 16.5. The van der Waals surface area contributed by atoms with Crippen molar-refractivity contribution < 1.29 is 57.0 Å². The van der Waals surface area contributed by atoms with Gasteiger partial charge in [-0.1, -0.05) is 23.8 Å². The molecule has 2 aliphatic rings. The van der Waals surface area contributed by atoms with E-state index in [-0.39, 0.29) is 29.8 Å². The molecule has 0 aliphatic carbocycles. The second-order valence-corrected chi connectivity index (χ2v) is 17.1. The monoisotopic (exact) mass is 962 g/mol. The molecule has 366 valence electrons. The first-order valence-electron chi connectivity index (χ1n) is 22.7. The van der Waals surface area contributed by atoms with E-state index in [1.54, 1.807) is 24.7 Å². The maximum absolute atomic E-state index is 13.2. The van der Waals surface area contributed by atoms with Crippen molar-refractivity contribution in [2.24, 2.45) is 0 Å².